The van der Waals surface area contributed by atoms with Crippen molar-refractivity contribution in [3.63, 3.8) is 0 Å². The fourth-order valence-corrected chi connectivity index (χ4v) is 3.54. The molecule has 0 aliphatic carbocycles. The Morgan fingerprint density at radius 3 is 2.76 bits per heavy atom. The van der Waals surface area contributed by atoms with Crippen LogP contribution in [-0.4, -0.2) is 13.7 Å². The summed E-state index contributed by atoms with van der Waals surface area (Å²) in [7, 11) is 1.56. The van der Waals surface area contributed by atoms with Gasteiger partial charge in [-0.1, -0.05) is 24.6 Å². The average molecular weight is 328 g/mol. The predicted octanol–water partition coefficient (Wildman–Crippen LogP) is 4.95. The summed E-state index contributed by atoms with van der Waals surface area (Å²) in [6, 6.07) is 6.65. The fourth-order valence-electron chi connectivity index (χ4n) is 2.23. The third-order valence-corrected chi connectivity index (χ3v) is 4.90. The molecular weight excluding hydrogens is 309 g/mol. The summed E-state index contributed by atoms with van der Waals surface area (Å²) in [4.78, 5) is 0.995. The summed E-state index contributed by atoms with van der Waals surface area (Å²) in [6.45, 7) is 4.82. The Labute approximate surface area is 133 Å². The van der Waals surface area contributed by atoms with Gasteiger partial charge in [-0.15, -0.1) is 11.3 Å². The largest absolute Gasteiger partial charge is 0.496 e. The Balaban J connectivity index is 2.50. The molecule has 0 fully saturated rings. The van der Waals surface area contributed by atoms with Gasteiger partial charge in [0.1, 0.15) is 11.6 Å². The minimum Gasteiger partial charge on any atom is -0.496 e. The van der Waals surface area contributed by atoms with Crippen molar-refractivity contribution in [2.45, 2.75) is 26.3 Å². The molecule has 1 aromatic heterocycles. The number of halogens is 2. The van der Waals surface area contributed by atoms with Gasteiger partial charge in [0.25, 0.3) is 0 Å². The van der Waals surface area contributed by atoms with E-state index < -0.39 is 0 Å². The van der Waals surface area contributed by atoms with Crippen molar-refractivity contribution in [1.82, 2.24) is 5.32 Å². The van der Waals surface area contributed by atoms with Gasteiger partial charge >= 0.3 is 0 Å². The quantitative estimate of drug-likeness (QED) is 0.810. The zero-order chi connectivity index (χ0) is 15.4. The molecule has 0 spiro atoms. The molecule has 5 heteroatoms. The van der Waals surface area contributed by atoms with E-state index in [4.69, 9.17) is 16.3 Å². The molecule has 0 saturated carbocycles. The lowest BCUT2D eigenvalue weighted by molar-refractivity contribution is 0.397. The summed E-state index contributed by atoms with van der Waals surface area (Å²) in [6.07, 6.45) is 0.964. The summed E-state index contributed by atoms with van der Waals surface area (Å²) >= 11 is 7.65. The number of benzene rings is 1. The van der Waals surface area contributed by atoms with E-state index in [0.717, 1.165) is 27.7 Å². The van der Waals surface area contributed by atoms with Crippen LogP contribution in [0.5, 0.6) is 5.75 Å². The first-order valence-electron chi connectivity index (χ1n) is 6.90. The number of hydrogen-bond acceptors (Lipinski definition) is 3. The molecule has 2 nitrogen and oxygen atoms in total. The van der Waals surface area contributed by atoms with Crippen LogP contribution in [0.1, 0.15) is 35.4 Å². The normalized spacial score (nSPS) is 12.4. The number of hydrogen-bond donors (Lipinski definition) is 1. The molecule has 0 aliphatic rings. The standard InChI is InChI=1S/C16H19ClFNOS/c1-4-8-19-15(13-9-10(2)16(17)21-13)14-11(18)6-5-7-12(14)20-3/h5-7,9,15,19H,4,8H2,1-3H3. The summed E-state index contributed by atoms with van der Waals surface area (Å²) in [5.74, 6) is 0.274. The van der Waals surface area contributed by atoms with Crippen LogP contribution in [0.4, 0.5) is 4.39 Å². The molecule has 2 rings (SSSR count). The highest BCUT2D eigenvalue weighted by Crippen LogP contribution is 2.38. The van der Waals surface area contributed by atoms with Crippen molar-refractivity contribution in [1.29, 1.82) is 0 Å². The fraction of sp³-hybridized carbons (Fsp3) is 0.375. The maximum absolute atomic E-state index is 14.4. The Morgan fingerprint density at radius 2 is 2.19 bits per heavy atom. The van der Waals surface area contributed by atoms with Gasteiger partial charge in [-0.25, -0.2) is 4.39 Å². The smallest absolute Gasteiger partial charge is 0.132 e. The zero-order valence-electron chi connectivity index (χ0n) is 12.4. The maximum Gasteiger partial charge on any atom is 0.132 e. The minimum atomic E-state index is -0.273. The van der Waals surface area contributed by atoms with Gasteiger partial charge in [-0.05, 0) is 43.7 Å². The summed E-state index contributed by atoms with van der Waals surface area (Å²) in [5, 5.41) is 3.39. The van der Waals surface area contributed by atoms with E-state index in [9.17, 15) is 4.39 Å². The van der Waals surface area contributed by atoms with Gasteiger partial charge in [-0.3, -0.25) is 0 Å². The molecule has 1 unspecified atom stereocenters. The van der Waals surface area contributed by atoms with Crippen molar-refractivity contribution in [3.05, 3.63) is 50.4 Å². The second kappa shape index (κ2) is 7.25. The van der Waals surface area contributed by atoms with Crippen LogP contribution < -0.4 is 10.1 Å². The lowest BCUT2D eigenvalue weighted by atomic mass is 10.0. The van der Waals surface area contributed by atoms with Crippen molar-refractivity contribution < 1.29 is 9.13 Å². The molecule has 1 atom stereocenters. The number of aryl methyl sites for hydroxylation is 1. The Morgan fingerprint density at radius 1 is 1.43 bits per heavy atom. The molecule has 0 amide bonds. The molecule has 0 saturated heterocycles. The van der Waals surface area contributed by atoms with Gasteiger partial charge in [0, 0.05) is 4.88 Å². The number of thiophene rings is 1. The lowest BCUT2D eigenvalue weighted by Crippen LogP contribution is -2.24. The van der Waals surface area contributed by atoms with Crippen LogP contribution >= 0.6 is 22.9 Å². The van der Waals surface area contributed by atoms with Gasteiger partial charge in [0.15, 0.2) is 0 Å². The molecule has 1 heterocycles. The van der Waals surface area contributed by atoms with Crippen molar-refractivity contribution in [3.8, 4) is 5.75 Å². The Hall–Kier alpha value is -1.10. The van der Waals surface area contributed by atoms with Gasteiger partial charge in [0.2, 0.25) is 0 Å². The van der Waals surface area contributed by atoms with Crippen LogP contribution in [0.25, 0.3) is 0 Å². The summed E-state index contributed by atoms with van der Waals surface area (Å²) in [5.41, 5.74) is 1.54. The highest BCUT2D eigenvalue weighted by atomic mass is 35.5. The highest BCUT2D eigenvalue weighted by Gasteiger charge is 2.23. The molecule has 0 aliphatic heterocycles. The first kappa shape index (κ1) is 16.3. The second-order valence-corrected chi connectivity index (χ2v) is 6.53. The number of ether oxygens (including phenoxy) is 1. The van der Waals surface area contributed by atoms with E-state index in [2.05, 4.69) is 12.2 Å². The molecule has 21 heavy (non-hydrogen) atoms. The highest BCUT2D eigenvalue weighted by molar-refractivity contribution is 7.16. The lowest BCUT2D eigenvalue weighted by Gasteiger charge is -2.20. The molecule has 0 radical (unpaired) electrons. The first-order chi connectivity index (χ1) is 10.1. The van der Waals surface area contributed by atoms with Crippen molar-refractivity contribution >= 4 is 22.9 Å². The van der Waals surface area contributed by atoms with Gasteiger partial charge in [-0.2, -0.15) is 0 Å². The predicted molar refractivity (Wildman–Crippen MR) is 87.2 cm³/mol. The van der Waals surface area contributed by atoms with E-state index in [-0.39, 0.29) is 11.9 Å². The zero-order valence-corrected chi connectivity index (χ0v) is 13.9. The molecular formula is C16H19ClFNOS. The third kappa shape index (κ3) is 3.57. The van der Waals surface area contributed by atoms with E-state index in [1.54, 1.807) is 19.2 Å². The Bertz CT molecular complexity index is 595. The SMILES string of the molecule is CCCNC(c1cc(C)c(Cl)s1)c1c(F)cccc1OC. The molecule has 0 bridgehead atoms. The van der Waals surface area contributed by atoms with E-state index in [1.165, 1.54) is 17.4 Å². The van der Waals surface area contributed by atoms with Gasteiger partial charge in [0.05, 0.1) is 23.1 Å². The molecule has 1 N–H and O–H groups in total. The number of rotatable bonds is 6. The van der Waals surface area contributed by atoms with Crippen molar-refractivity contribution in [2.24, 2.45) is 0 Å². The van der Waals surface area contributed by atoms with E-state index in [0.29, 0.717) is 11.3 Å². The topological polar surface area (TPSA) is 21.3 Å². The first-order valence-corrected chi connectivity index (χ1v) is 8.09. The minimum absolute atomic E-state index is 0.253. The second-order valence-electron chi connectivity index (χ2n) is 4.85. The van der Waals surface area contributed by atoms with Crippen LogP contribution in [0.2, 0.25) is 4.34 Å². The van der Waals surface area contributed by atoms with Crippen molar-refractivity contribution in [2.75, 3.05) is 13.7 Å². The molecule has 2 aromatic rings. The van der Waals surface area contributed by atoms with Gasteiger partial charge < -0.3 is 10.1 Å². The van der Waals surface area contributed by atoms with Crippen LogP contribution in [0.3, 0.4) is 0 Å². The maximum atomic E-state index is 14.4. The number of methoxy groups -OCH3 is 1. The Kier molecular flexibility index (Phi) is 5.62. The molecule has 114 valence electrons. The van der Waals surface area contributed by atoms with Crippen LogP contribution in [0, 0.1) is 12.7 Å². The number of nitrogens with one attached hydrogen (secondary N) is 1. The summed E-state index contributed by atoms with van der Waals surface area (Å²) < 4.78 is 20.4. The van der Waals surface area contributed by atoms with E-state index >= 15 is 0 Å². The van der Waals surface area contributed by atoms with Crippen LogP contribution in [-0.2, 0) is 0 Å². The molecule has 1 aromatic carbocycles. The van der Waals surface area contributed by atoms with E-state index in [1.807, 2.05) is 13.0 Å². The monoisotopic (exact) mass is 327 g/mol. The third-order valence-electron chi connectivity index (χ3n) is 3.28. The average Bonchev–Trinajstić information content (AvgIpc) is 2.80. The van der Waals surface area contributed by atoms with Crippen LogP contribution in [0.15, 0.2) is 24.3 Å².